The zero-order chi connectivity index (χ0) is 28.8. The highest BCUT2D eigenvalue weighted by molar-refractivity contribution is 6.35. The van der Waals surface area contributed by atoms with Crippen LogP contribution in [0.4, 0.5) is 0 Å². The van der Waals surface area contributed by atoms with E-state index in [1.165, 1.54) is 43.4 Å². The molecular formula is C40H23N3O. The van der Waals surface area contributed by atoms with E-state index >= 15 is 0 Å². The fourth-order valence-electron chi connectivity index (χ4n) is 7.13. The second kappa shape index (κ2) is 8.76. The Balaban J connectivity index is 1.33. The summed E-state index contributed by atoms with van der Waals surface area (Å²) in [4.78, 5) is 9.93. The average Bonchev–Trinajstić information content (AvgIpc) is 3.64. The van der Waals surface area contributed by atoms with Crippen LogP contribution in [0.25, 0.3) is 93.6 Å². The third-order valence-electron chi connectivity index (χ3n) is 9.01. The number of furan rings is 1. The predicted molar refractivity (Wildman–Crippen MR) is 181 cm³/mol. The zero-order valence-corrected chi connectivity index (χ0v) is 23.5. The lowest BCUT2D eigenvalue weighted by Gasteiger charge is -2.15. The predicted octanol–water partition coefficient (Wildman–Crippen LogP) is 10.6. The van der Waals surface area contributed by atoms with Crippen molar-refractivity contribution in [3.63, 3.8) is 0 Å². The Morgan fingerprint density at radius 1 is 0.500 bits per heavy atom. The first kappa shape index (κ1) is 23.6. The number of rotatable bonds is 3. The molecule has 0 bridgehead atoms. The molecule has 204 valence electrons. The van der Waals surface area contributed by atoms with Crippen LogP contribution in [-0.2, 0) is 0 Å². The molecule has 4 nitrogen and oxygen atoms in total. The summed E-state index contributed by atoms with van der Waals surface area (Å²) < 4.78 is 8.72. The normalized spacial score (nSPS) is 12.1. The van der Waals surface area contributed by atoms with E-state index in [1.54, 1.807) is 0 Å². The monoisotopic (exact) mass is 561 g/mol. The van der Waals surface area contributed by atoms with Gasteiger partial charge in [0.2, 0.25) is 0 Å². The summed E-state index contributed by atoms with van der Waals surface area (Å²) in [5.41, 5.74) is 9.33. The fraction of sp³-hybridized carbons (Fsp3) is 0. The molecule has 0 saturated carbocycles. The van der Waals surface area contributed by atoms with Crippen LogP contribution < -0.4 is 0 Å². The van der Waals surface area contributed by atoms with Crippen molar-refractivity contribution in [3.05, 3.63) is 140 Å². The third kappa shape index (κ3) is 3.17. The Morgan fingerprint density at radius 2 is 1.25 bits per heavy atom. The average molecular weight is 562 g/mol. The second-order valence-corrected chi connectivity index (χ2v) is 11.4. The van der Waals surface area contributed by atoms with Gasteiger partial charge in [-0.3, -0.25) is 0 Å². The molecule has 0 unspecified atom stereocenters. The van der Waals surface area contributed by atoms with E-state index in [0.29, 0.717) is 0 Å². The number of aromatic nitrogens is 3. The van der Waals surface area contributed by atoms with Gasteiger partial charge in [0.05, 0.1) is 17.2 Å². The molecule has 3 aromatic heterocycles. The Kier molecular flexibility index (Phi) is 4.69. The third-order valence-corrected chi connectivity index (χ3v) is 9.01. The van der Waals surface area contributed by atoms with Gasteiger partial charge in [-0.05, 0) is 57.6 Å². The van der Waals surface area contributed by atoms with E-state index in [9.17, 15) is 0 Å². The largest absolute Gasteiger partial charge is 0.456 e. The van der Waals surface area contributed by atoms with Crippen LogP contribution in [0, 0.1) is 0 Å². The molecule has 4 heteroatoms. The summed E-state index contributed by atoms with van der Waals surface area (Å²) >= 11 is 0. The molecule has 0 fully saturated rings. The van der Waals surface area contributed by atoms with E-state index in [4.69, 9.17) is 14.4 Å². The van der Waals surface area contributed by atoms with E-state index in [1.807, 2.05) is 24.4 Å². The summed E-state index contributed by atoms with van der Waals surface area (Å²) in [6, 6.07) is 46.9. The van der Waals surface area contributed by atoms with Crippen molar-refractivity contribution < 1.29 is 4.42 Å². The minimum atomic E-state index is 0.728. The number of fused-ring (bicyclic) bond motifs is 6. The number of benzene rings is 7. The highest BCUT2D eigenvalue weighted by atomic mass is 16.3. The quantitative estimate of drug-likeness (QED) is 0.202. The zero-order valence-electron chi connectivity index (χ0n) is 23.5. The van der Waals surface area contributed by atoms with Crippen LogP contribution in [0.3, 0.4) is 0 Å². The molecule has 0 aliphatic carbocycles. The number of hydrogen-bond donors (Lipinski definition) is 0. The molecule has 10 aromatic rings. The lowest BCUT2D eigenvalue weighted by molar-refractivity contribution is 0.669. The Hall–Kier alpha value is -6.00. The molecule has 3 heterocycles. The maximum absolute atomic E-state index is 6.42. The number of para-hydroxylation sites is 1. The molecule has 0 radical (unpaired) electrons. The summed E-state index contributed by atoms with van der Waals surface area (Å²) in [5.74, 6) is 0.728. The molecule has 44 heavy (non-hydrogen) atoms. The van der Waals surface area contributed by atoms with E-state index < -0.39 is 0 Å². The molecule has 0 N–H and O–H groups in total. The van der Waals surface area contributed by atoms with Gasteiger partial charge in [-0.15, -0.1) is 0 Å². The Bertz CT molecular complexity index is 2700. The molecule has 0 aliphatic heterocycles. The maximum atomic E-state index is 6.42. The van der Waals surface area contributed by atoms with Gasteiger partial charge in [0, 0.05) is 32.8 Å². The number of nitrogens with zero attached hydrogens (tertiary/aromatic N) is 3. The maximum Gasteiger partial charge on any atom is 0.159 e. The lowest BCUT2D eigenvalue weighted by Crippen LogP contribution is -1.96. The van der Waals surface area contributed by atoms with Crippen LogP contribution in [0.1, 0.15) is 0 Å². The van der Waals surface area contributed by atoms with Gasteiger partial charge in [0.1, 0.15) is 16.7 Å². The smallest absolute Gasteiger partial charge is 0.159 e. The molecule has 0 saturated heterocycles. The van der Waals surface area contributed by atoms with Crippen molar-refractivity contribution in [1.29, 1.82) is 0 Å². The summed E-state index contributed by atoms with van der Waals surface area (Å²) in [6.45, 7) is 0. The molecule has 10 rings (SSSR count). The SMILES string of the molecule is c1ccc(-c2ncc3c(n2)c2ccccc2n3-c2ccc3c(c2)c2c(-c4ccccc4)ccc4oc5cccc3c5c42)cc1. The van der Waals surface area contributed by atoms with Crippen LogP contribution in [0.2, 0.25) is 0 Å². The molecule has 7 aromatic carbocycles. The second-order valence-electron chi connectivity index (χ2n) is 11.4. The Labute approximate surface area is 251 Å². The van der Waals surface area contributed by atoms with Gasteiger partial charge < -0.3 is 8.98 Å². The Morgan fingerprint density at radius 3 is 2.11 bits per heavy atom. The summed E-state index contributed by atoms with van der Waals surface area (Å²) in [5, 5.41) is 8.30. The molecule has 0 aliphatic rings. The molecule has 0 spiro atoms. The first-order valence-corrected chi connectivity index (χ1v) is 14.8. The van der Waals surface area contributed by atoms with Crippen molar-refractivity contribution in [1.82, 2.24) is 14.5 Å². The molecule has 0 atom stereocenters. The first-order valence-electron chi connectivity index (χ1n) is 14.8. The van der Waals surface area contributed by atoms with Gasteiger partial charge in [-0.2, -0.15) is 0 Å². The van der Waals surface area contributed by atoms with Gasteiger partial charge >= 0.3 is 0 Å². The van der Waals surface area contributed by atoms with E-state index in [0.717, 1.165) is 50.2 Å². The van der Waals surface area contributed by atoms with Crippen LogP contribution in [0.15, 0.2) is 144 Å². The van der Waals surface area contributed by atoms with Crippen LogP contribution >= 0.6 is 0 Å². The topological polar surface area (TPSA) is 43.9 Å². The van der Waals surface area contributed by atoms with Crippen molar-refractivity contribution in [2.45, 2.75) is 0 Å². The first-order chi connectivity index (χ1) is 21.8. The molecular weight excluding hydrogens is 538 g/mol. The van der Waals surface area contributed by atoms with Gasteiger partial charge in [0.25, 0.3) is 0 Å². The standard InChI is InChI=1S/C40H23N3O/c1-3-10-24(11-4-1)27-20-21-35-38-36(27)31-22-26(18-19-28(31)29-15-9-17-34(44-35)37(29)38)43-32-16-8-7-14-30(32)39-33(43)23-41-40(42-39)25-12-5-2-6-13-25/h1-23H. The van der Waals surface area contributed by atoms with Gasteiger partial charge in [-0.25, -0.2) is 9.97 Å². The van der Waals surface area contributed by atoms with Gasteiger partial charge in [-0.1, -0.05) is 103 Å². The van der Waals surface area contributed by atoms with Gasteiger partial charge in [0.15, 0.2) is 5.82 Å². The van der Waals surface area contributed by atoms with Crippen LogP contribution in [0.5, 0.6) is 0 Å². The van der Waals surface area contributed by atoms with Crippen molar-refractivity contribution >= 4 is 65.4 Å². The van der Waals surface area contributed by atoms with E-state index in [2.05, 4.69) is 120 Å². The minimum Gasteiger partial charge on any atom is -0.456 e. The number of hydrogen-bond acceptors (Lipinski definition) is 3. The summed E-state index contributed by atoms with van der Waals surface area (Å²) in [7, 11) is 0. The van der Waals surface area contributed by atoms with Crippen molar-refractivity contribution in [2.75, 3.05) is 0 Å². The summed E-state index contributed by atoms with van der Waals surface area (Å²) in [6.07, 6.45) is 1.97. The lowest BCUT2D eigenvalue weighted by atomic mass is 9.89. The highest BCUT2D eigenvalue weighted by Crippen LogP contribution is 2.46. The molecule has 0 amide bonds. The fourth-order valence-corrected chi connectivity index (χ4v) is 7.13. The highest BCUT2D eigenvalue weighted by Gasteiger charge is 2.21. The minimum absolute atomic E-state index is 0.728. The van der Waals surface area contributed by atoms with Crippen molar-refractivity contribution in [2.24, 2.45) is 0 Å². The van der Waals surface area contributed by atoms with Crippen LogP contribution in [-0.4, -0.2) is 14.5 Å². The van der Waals surface area contributed by atoms with E-state index in [-0.39, 0.29) is 0 Å². The van der Waals surface area contributed by atoms with Crippen molar-refractivity contribution in [3.8, 4) is 28.2 Å².